The van der Waals surface area contributed by atoms with Crippen molar-refractivity contribution in [2.45, 2.75) is 37.8 Å². The van der Waals surface area contributed by atoms with Gasteiger partial charge in [0, 0.05) is 26.2 Å². The molecular formula is C27H25BrCl2N4O4S. The summed E-state index contributed by atoms with van der Waals surface area (Å²) < 4.78 is 14.1. The fourth-order valence-electron chi connectivity index (χ4n) is 3.91. The highest BCUT2D eigenvalue weighted by Crippen LogP contribution is 2.43. The van der Waals surface area contributed by atoms with Crippen molar-refractivity contribution in [3.05, 3.63) is 101 Å². The van der Waals surface area contributed by atoms with Crippen LogP contribution in [-0.2, 0) is 6.61 Å². The number of hydrogen-bond donors (Lipinski definition) is 0. The average molecular weight is 652 g/mol. The third kappa shape index (κ3) is 6.87. The molecule has 0 saturated carbocycles. The molecule has 4 rings (SSSR count). The minimum absolute atomic E-state index is 0.176. The maximum atomic E-state index is 11.7. The van der Waals surface area contributed by atoms with E-state index in [1.54, 1.807) is 30.3 Å². The summed E-state index contributed by atoms with van der Waals surface area (Å²) >= 11 is 17.1. The van der Waals surface area contributed by atoms with Crippen LogP contribution in [0.25, 0.3) is 5.69 Å². The number of aromatic nitrogens is 3. The molecule has 0 amide bonds. The number of hydrogen-bond acceptors (Lipinski definition) is 7. The minimum atomic E-state index is -0.584. The van der Waals surface area contributed by atoms with E-state index in [1.807, 2.05) is 37.5 Å². The van der Waals surface area contributed by atoms with Gasteiger partial charge in [-0.05, 0) is 89.8 Å². The first kappa shape index (κ1) is 29.2. The Morgan fingerprint density at radius 2 is 1.85 bits per heavy atom. The lowest BCUT2D eigenvalue weighted by Crippen LogP contribution is -2.12. The normalized spacial score (nSPS) is 11.9. The highest BCUT2D eigenvalue weighted by Gasteiger charge is 2.26. The molecular weight excluding hydrogens is 627 g/mol. The molecule has 12 heteroatoms. The first-order valence-corrected chi connectivity index (χ1v) is 14.2. The molecule has 204 valence electrons. The monoisotopic (exact) mass is 650 g/mol. The van der Waals surface area contributed by atoms with E-state index in [0.29, 0.717) is 42.6 Å². The number of benzene rings is 3. The van der Waals surface area contributed by atoms with E-state index >= 15 is 0 Å². The highest BCUT2D eigenvalue weighted by molar-refractivity contribution is 9.10. The fraction of sp³-hybridized carbons (Fsp3) is 0.259. The summed E-state index contributed by atoms with van der Waals surface area (Å²) in [5, 5.41) is 21.3. The quantitative estimate of drug-likeness (QED) is 0.0976. The molecule has 0 fully saturated rings. The summed E-state index contributed by atoms with van der Waals surface area (Å²) in [6, 6.07) is 14.8. The van der Waals surface area contributed by atoms with Gasteiger partial charge in [-0.3, -0.25) is 14.7 Å². The first-order chi connectivity index (χ1) is 18.6. The molecule has 0 saturated heterocycles. The van der Waals surface area contributed by atoms with E-state index < -0.39 is 5.25 Å². The zero-order valence-electron chi connectivity index (χ0n) is 21.6. The molecule has 1 heterocycles. The van der Waals surface area contributed by atoms with Crippen molar-refractivity contribution >= 4 is 50.9 Å². The fourth-order valence-corrected chi connectivity index (χ4v) is 6.10. The lowest BCUT2D eigenvalue weighted by atomic mass is 10.1. The van der Waals surface area contributed by atoms with E-state index in [1.165, 1.54) is 24.4 Å². The third-order valence-corrected chi connectivity index (χ3v) is 8.47. The molecule has 1 atom stereocenters. The van der Waals surface area contributed by atoms with Crippen molar-refractivity contribution in [2.75, 3.05) is 13.7 Å². The maximum absolute atomic E-state index is 11.7. The Morgan fingerprint density at radius 3 is 2.51 bits per heavy atom. The number of methoxy groups -OCH3 is 1. The van der Waals surface area contributed by atoms with Crippen LogP contribution in [0.15, 0.2) is 58.2 Å². The number of rotatable bonds is 10. The van der Waals surface area contributed by atoms with Crippen LogP contribution in [0.1, 0.15) is 33.3 Å². The van der Waals surface area contributed by atoms with Gasteiger partial charge in [-0.2, -0.15) is 0 Å². The Labute approximate surface area is 248 Å². The first-order valence-electron chi connectivity index (χ1n) is 11.8. The van der Waals surface area contributed by atoms with Crippen molar-refractivity contribution in [3.63, 3.8) is 0 Å². The van der Waals surface area contributed by atoms with Gasteiger partial charge in [0.05, 0.1) is 11.6 Å². The number of nitro groups is 1. The second-order valence-corrected chi connectivity index (χ2v) is 11.7. The Bertz CT molecular complexity index is 1530. The van der Waals surface area contributed by atoms with Gasteiger partial charge in [0.1, 0.15) is 17.7 Å². The standard InChI is InChI=1S/C27H25BrCl2N4O4S/c1-15-5-8-21(9-16(15)2)34-17(3)31-32-27(34)39-25(13-33(35)36)19-10-22(28)26(24(11-19)37-4)38-14-18-6-7-20(29)12-23(18)30/h5-12,25H,13-14H2,1-4H3/t25-/m0/s1. The van der Waals surface area contributed by atoms with Crippen molar-refractivity contribution in [1.82, 2.24) is 14.8 Å². The molecule has 0 bridgehead atoms. The van der Waals surface area contributed by atoms with Crippen molar-refractivity contribution in [2.24, 2.45) is 0 Å². The zero-order valence-corrected chi connectivity index (χ0v) is 25.5. The van der Waals surface area contributed by atoms with Gasteiger partial charge >= 0.3 is 0 Å². The van der Waals surface area contributed by atoms with Gasteiger partial charge in [-0.25, -0.2) is 0 Å². The van der Waals surface area contributed by atoms with Crippen LogP contribution in [-0.4, -0.2) is 33.3 Å². The second kappa shape index (κ2) is 12.6. The largest absolute Gasteiger partial charge is 0.493 e. The molecule has 0 N–H and O–H groups in total. The number of ether oxygens (including phenoxy) is 2. The van der Waals surface area contributed by atoms with Gasteiger partial charge in [0.25, 0.3) is 0 Å². The van der Waals surface area contributed by atoms with Crippen LogP contribution in [0.5, 0.6) is 11.5 Å². The van der Waals surface area contributed by atoms with Crippen LogP contribution in [0.4, 0.5) is 0 Å². The topological polar surface area (TPSA) is 92.3 Å². The lowest BCUT2D eigenvalue weighted by Gasteiger charge is -2.18. The van der Waals surface area contributed by atoms with E-state index in [4.69, 9.17) is 32.7 Å². The summed E-state index contributed by atoms with van der Waals surface area (Å²) in [7, 11) is 1.52. The Morgan fingerprint density at radius 1 is 1.08 bits per heavy atom. The van der Waals surface area contributed by atoms with Crippen molar-refractivity contribution < 1.29 is 14.4 Å². The molecule has 4 aromatic rings. The summed E-state index contributed by atoms with van der Waals surface area (Å²) in [6.45, 7) is 5.78. The Kier molecular flexibility index (Phi) is 9.43. The Hall–Kier alpha value is -2.79. The van der Waals surface area contributed by atoms with Gasteiger partial charge in [-0.1, -0.05) is 47.1 Å². The molecule has 3 aromatic carbocycles. The van der Waals surface area contributed by atoms with E-state index in [9.17, 15) is 10.1 Å². The molecule has 0 aliphatic heterocycles. The zero-order chi connectivity index (χ0) is 28.3. The second-order valence-electron chi connectivity index (χ2n) is 8.81. The number of halogens is 3. The van der Waals surface area contributed by atoms with E-state index in [2.05, 4.69) is 32.2 Å². The van der Waals surface area contributed by atoms with Crippen LogP contribution in [0, 0.1) is 30.9 Å². The summed E-state index contributed by atoms with van der Waals surface area (Å²) in [6.07, 6.45) is 0. The SMILES string of the molecule is COc1cc([C@H](C[N+](=O)[O-])Sc2nnc(C)n2-c2ccc(C)c(C)c2)cc(Br)c1OCc1ccc(Cl)cc1Cl. The predicted octanol–water partition coefficient (Wildman–Crippen LogP) is 7.96. The smallest absolute Gasteiger partial charge is 0.220 e. The molecule has 0 radical (unpaired) electrons. The molecule has 0 spiro atoms. The molecule has 0 unspecified atom stereocenters. The molecule has 0 aliphatic carbocycles. The summed E-state index contributed by atoms with van der Waals surface area (Å²) in [5.41, 5.74) is 4.61. The van der Waals surface area contributed by atoms with Crippen LogP contribution in [0.3, 0.4) is 0 Å². The maximum Gasteiger partial charge on any atom is 0.220 e. The van der Waals surface area contributed by atoms with Crippen LogP contribution < -0.4 is 9.47 Å². The number of thioether (sulfide) groups is 1. The number of nitrogens with zero attached hydrogens (tertiary/aromatic N) is 4. The van der Waals surface area contributed by atoms with E-state index in [-0.39, 0.29) is 18.1 Å². The van der Waals surface area contributed by atoms with Gasteiger partial charge < -0.3 is 9.47 Å². The Balaban J connectivity index is 1.66. The average Bonchev–Trinajstić information content (AvgIpc) is 3.24. The molecule has 8 nitrogen and oxygen atoms in total. The minimum Gasteiger partial charge on any atom is -0.493 e. The van der Waals surface area contributed by atoms with Gasteiger partial charge in [0.15, 0.2) is 16.7 Å². The molecule has 1 aromatic heterocycles. The molecule has 0 aliphatic rings. The highest BCUT2D eigenvalue weighted by atomic mass is 79.9. The summed E-state index contributed by atoms with van der Waals surface area (Å²) in [4.78, 5) is 11.4. The van der Waals surface area contributed by atoms with Crippen LogP contribution in [0.2, 0.25) is 10.0 Å². The van der Waals surface area contributed by atoms with E-state index in [0.717, 1.165) is 16.8 Å². The number of aryl methyl sites for hydroxylation is 3. The van der Waals surface area contributed by atoms with Gasteiger partial charge in [0.2, 0.25) is 6.54 Å². The van der Waals surface area contributed by atoms with Crippen LogP contribution >= 0.6 is 50.9 Å². The summed E-state index contributed by atoms with van der Waals surface area (Å²) in [5.74, 6) is 1.56. The predicted molar refractivity (Wildman–Crippen MR) is 158 cm³/mol. The van der Waals surface area contributed by atoms with Gasteiger partial charge in [-0.15, -0.1) is 10.2 Å². The third-order valence-electron chi connectivity index (χ3n) is 6.12. The molecule has 39 heavy (non-hydrogen) atoms. The van der Waals surface area contributed by atoms with Crippen molar-refractivity contribution in [1.29, 1.82) is 0 Å². The lowest BCUT2D eigenvalue weighted by molar-refractivity contribution is -0.479. The van der Waals surface area contributed by atoms with Crippen molar-refractivity contribution in [3.8, 4) is 17.2 Å².